The van der Waals surface area contributed by atoms with Crippen LogP contribution in [0.4, 0.5) is 8.78 Å². The first-order valence-electron chi connectivity index (χ1n) is 6.65. The molecule has 0 aromatic heterocycles. The third-order valence-electron chi connectivity index (χ3n) is 3.10. The van der Waals surface area contributed by atoms with Gasteiger partial charge in [0.2, 0.25) is 5.91 Å². The minimum absolute atomic E-state index is 0.00207. The smallest absolute Gasteiger partial charge is 0.244 e. The zero-order chi connectivity index (χ0) is 16.1. The molecule has 0 aliphatic carbocycles. The Bertz CT molecular complexity index is 698. The van der Waals surface area contributed by atoms with E-state index in [1.54, 1.807) is 19.1 Å². The highest BCUT2D eigenvalue weighted by molar-refractivity contribution is 6.30. The number of halogens is 3. The van der Waals surface area contributed by atoms with Crippen LogP contribution < -0.4 is 5.32 Å². The fourth-order valence-corrected chi connectivity index (χ4v) is 2.07. The Hall–Kier alpha value is -2.20. The van der Waals surface area contributed by atoms with Crippen LogP contribution in [0.25, 0.3) is 6.08 Å². The molecule has 2 aromatic carbocycles. The molecule has 114 valence electrons. The van der Waals surface area contributed by atoms with E-state index in [0.717, 1.165) is 5.56 Å². The number of carbonyl (C=O) groups excluding carboxylic acids is 1. The van der Waals surface area contributed by atoms with Gasteiger partial charge in [-0.3, -0.25) is 4.79 Å². The Morgan fingerprint density at radius 2 is 1.86 bits per heavy atom. The lowest BCUT2D eigenvalue weighted by molar-refractivity contribution is -0.117. The number of carbonyl (C=O) groups is 1. The van der Waals surface area contributed by atoms with Gasteiger partial charge in [-0.25, -0.2) is 8.78 Å². The first-order chi connectivity index (χ1) is 10.5. The van der Waals surface area contributed by atoms with Crippen molar-refractivity contribution in [2.75, 3.05) is 0 Å². The molecule has 0 fully saturated rings. The zero-order valence-electron chi connectivity index (χ0n) is 11.8. The Morgan fingerprint density at radius 1 is 1.18 bits per heavy atom. The molecular weight excluding hydrogens is 308 g/mol. The van der Waals surface area contributed by atoms with Gasteiger partial charge in [-0.05, 0) is 48.4 Å². The van der Waals surface area contributed by atoms with Crippen LogP contribution in [0.2, 0.25) is 5.02 Å². The molecule has 0 unspecified atom stereocenters. The van der Waals surface area contributed by atoms with E-state index in [1.165, 1.54) is 42.5 Å². The van der Waals surface area contributed by atoms with E-state index in [2.05, 4.69) is 5.32 Å². The van der Waals surface area contributed by atoms with E-state index >= 15 is 0 Å². The van der Waals surface area contributed by atoms with Gasteiger partial charge in [0, 0.05) is 6.08 Å². The molecule has 2 nitrogen and oxygen atoms in total. The average molecular weight is 322 g/mol. The number of benzene rings is 2. The predicted octanol–water partition coefficient (Wildman–Crippen LogP) is 4.51. The van der Waals surface area contributed by atoms with Crippen molar-refractivity contribution < 1.29 is 13.6 Å². The largest absolute Gasteiger partial charge is 0.346 e. The molecule has 22 heavy (non-hydrogen) atoms. The average Bonchev–Trinajstić information content (AvgIpc) is 2.49. The summed E-state index contributed by atoms with van der Waals surface area (Å²) in [4.78, 5) is 11.8. The predicted molar refractivity (Wildman–Crippen MR) is 83.4 cm³/mol. The van der Waals surface area contributed by atoms with Crippen molar-refractivity contribution in [1.29, 1.82) is 0 Å². The molecule has 0 aliphatic rings. The monoisotopic (exact) mass is 321 g/mol. The first-order valence-corrected chi connectivity index (χ1v) is 7.02. The van der Waals surface area contributed by atoms with E-state index in [1.807, 2.05) is 0 Å². The van der Waals surface area contributed by atoms with Crippen molar-refractivity contribution in [1.82, 2.24) is 5.32 Å². The van der Waals surface area contributed by atoms with Crippen LogP contribution in [0.15, 0.2) is 48.5 Å². The first kappa shape index (κ1) is 16.2. The molecule has 1 amide bonds. The molecule has 0 aliphatic heterocycles. The Labute approximate surface area is 132 Å². The van der Waals surface area contributed by atoms with Crippen LogP contribution in [0.3, 0.4) is 0 Å². The molecule has 0 spiro atoms. The van der Waals surface area contributed by atoms with Crippen LogP contribution in [0, 0.1) is 11.6 Å². The molecular formula is C17H14ClF2NO. The Morgan fingerprint density at radius 3 is 2.50 bits per heavy atom. The van der Waals surface area contributed by atoms with E-state index in [9.17, 15) is 13.6 Å². The van der Waals surface area contributed by atoms with Crippen molar-refractivity contribution in [3.63, 3.8) is 0 Å². The number of hydrogen-bond donors (Lipinski definition) is 1. The minimum atomic E-state index is -0.506. The Kier molecular flexibility index (Phi) is 5.28. The standard InChI is InChI=1S/C17H14ClF2NO/c1-11(13-4-6-14(19)7-5-13)21-17(22)9-3-12-2-8-16(20)15(18)10-12/h2-11H,1H3,(H,21,22)/b9-3+/t11-/m1/s1. The number of rotatable bonds is 4. The van der Waals surface area contributed by atoms with Gasteiger partial charge in [0.25, 0.3) is 0 Å². The maximum atomic E-state index is 13.0. The van der Waals surface area contributed by atoms with Gasteiger partial charge in [-0.15, -0.1) is 0 Å². The van der Waals surface area contributed by atoms with E-state index in [4.69, 9.17) is 11.6 Å². The lowest BCUT2D eigenvalue weighted by atomic mass is 10.1. The van der Waals surface area contributed by atoms with Crippen molar-refractivity contribution in [3.8, 4) is 0 Å². The van der Waals surface area contributed by atoms with Gasteiger partial charge in [0.1, 0.15) is 11.6 Å². The number of amides is 1. The second-order valence-electron chi connectivity index (χ2n) is 4.79. The molecule has 0 bridgehead atoms. The third-order valence-corrected chi connectivity index (χ3v) is 3.39. The Balaban J connectivity index is 1.98. The second-order valence-corrected chi connectivity index (χ2v) is 5.20. The summed E-state index contributed by atoms with van der Waals surface area (Å²) >= 11 is 5.67. The van der Waals surface area contributed by atoms with E-state index in [-0.39, 0.29) is 22.8 Å². The van der Waals surface area contributed by atoms with Crippen LogP contribution in [-0.2, 0) is 4.79 Å². The molecule has 0 saturated carbocycles. The molecule has 5 heteroatoms. The van der Waals surface area contributed by atoms with Crippen LogP contribution in [0.5, 0.6) is 0 Å². The van der Waals surface area contributed by atoms with Gasteiger partial charge in [-0.2, -0.15) is 0 Å². The van der Waals surface area contributed by atoms with Crippen LogP contribution in [0.1, 0.15) is 24.1 Å². The molecule has 2 aromatic rings. The molecule has 1 atom stereocenters. The van der Waals surface area contributed by atoms with Crippen molar-refractivity contribution in [2.45, 2.75) is 13.0 Å². The molecule has 1 N–H and O–H groups in total. The van der Waals surface area contributed by atoms with Crippen LogP contribution >= 0.6 is 11.6 Å². The van der Waals surface area contributed by atoms with Crippen molar-refractivity contribution in [3.05, 3.63) is 76.3 Å². The van der Waals surface area contributed by atoms with Gasteiger partial charge >= 0.3 is 0 Å². The number of hydrogen-bond acceptors (Lipinski definition) is 1. The summed E-state index contributed by atoms with van der Waals surface area (Å²) in [5.74, 6) is -1.14. The van der Waals surface area contributed by atoms with Crippen molar-refractivity contribution in [2.24, 2.45) is 0 Å². The SMILES string of the molecule is C[C@@H](NC(=O)/C=C/c1ccc(F)c(Cl)c1)c1ccc(F)cc1. The zero-order valence-corrected chi connectivity index (χ0v) is 12.6. The highest BCUT2D eigenvalue weighted by Crippen LogP contribution is 2.17. The quantitative estimate of drug-likeness (QED) is 0.825. The van der Waals surface area contributed by atoms with Gasteiger partial charge in [-0.1, -0.05) is 29.8 Å². The summed E-state index contributed by atoms with van der Waals surface area (Å²) in [6.07, 6.45) is 2.88. The molecule has 0 saturated heterocycles. The summed E-state index contributed by atoms with van der Waals surface area (Å²) in [7, 11) is 0. The highest BCUT2D eigenvalue weighted by Gasteiger charge is 2.07. The summed E-state index contributed by atoms with van der Waals surface area (Å²) in [5, 5.41) is 2.76. The molecule has 2 rings (SSSR count). The summed E-state index contributed by atoms with van der Waals surface area (Å²) in [6, 6.07) is 9.85. The lowest BCUT2D eigenvalue weighted by Crippen LogP contribution is -2.24. The summed E-state index contributed by atoms with van der Waals surface area (Å²) in [6.45, 7) is 1.80. The topological polar surface area (TPSA) is 29.1 Å². The summed E-state index contributed by atoms with van der Waals surface area (Å²) < 4.78 is 25.9. The maximum Gasteiger partial charge on any atom is 0.244 e. The fourth-order valence-electron chi connectivity index (χ4n) is 1.88. The van der Waals surface area contributed by atoms with E-state index < -0.39 is 5.82 Å². The van der Waals surface area contributed by atoms with E-state index in [0.29, 0.717) is 5.56 Å². The number of nitrogens with one attached hydrogen (secondary N) is 1. The second kappa shape index (κ2) is 7.18. The van der Waals surface area contributed by atoms with Gasteiger partial charge in [0.15, 0.2) is 0 Å². The third kappa shape index (κ3) is 4.40. The van der Waals surface area contributed by atoms with Gasteiger partial charge in [0.05, 0.1) is 11.1 Å². The van der Waals surface area contributed by atoms with Crippen molar-refractivity contribution >= 4 is 23.6 Å². The molecule has 0 heterocycles. The minimum Gasteiger partial charge on any atom is -0.346 e. The fraction of sp³-hybridized carbons (Fsp3) is 0.118. The lowest BCUT2D eigenvalue weighted by Gasteiger charge is -2.12. The van der Waals surface area contributed by atoms with Crippen LogP contribution in [-0.4, -0.2) is 5.91 Å². The normalized spacial score (nSPS) is 12.4. The molecule has 0 radical (unpaired) electrons. The highest BCUT2D eigenvalue weighted by atomic mass is 35.5. The maximum absolute atomic E-state index is 13.0. The van der Waals surface area contributed by atoms with Gasteiger partial charge < -0.3 is 5.32 Å². The summed E-state index contributed by atoms with van der Waals surface area (Å²) in [5.41, 5.74) is 1.42.